The van der Waals surface area contributed by atoms with Crippen LogP contribution in [0.1, 0.15) is 29.5 Å². The number of amides is 5. The van der Waals surface area contributed by atoms with E-state index >= 15 is 0 Å². The fourth-order valence-electron chi connectivity index (χ4n) is 4.65. The molecule has 5 rings (SSSR count). The first-order valence-corrected chi connectivity index (χ1v) is 12.6. The fraction of sp³-hybridized carbons (Fsp3) is 0.0625. The molecule has 0 atom stereocenters. The van der Waals surface area contributed by atoms with Gasteiger partial charge in [-0.2, -0.15) is 0 Å². The summed E-state index contributed by atoms with van der Waals surface area (Å²) in [7, 11) is 0. The summed E-state index contributed by atoms with van der Waals surface area (Å²) >= 11 is 0. The van der Waals surface area contributed by atoms with Crippen LogP contribution in [0.15, 0.2) is 109 Å². The summed E-state index contributed by atoms with van der Waals surface area (Å²) in [5, 5.41) is 2.71. The predicted molar refractivity (Wildman–Crippen MR) is 152 cm³/mol. The average Bonchev–Trinajstić information content (AvgIpc) is 3.48. The molecular formula is C32H23N3O6. The maximum Gasteiger partial charge on any atom is 0.258 e. The average molecular weight is 546 g/mol. The second-order valence-corrected chi connectivity index (χ2v) is 9.36. The summed E-state index contributed by atoms with van der Waals surface area (Å²) < 4.78 is 0. The van der Waals surface area contributed by atoms with Crippen molar-refractivity contribution in [2.45, 2.75) is 12.8 Å². The minimum Gasteiger partial charge on any atom is -0.323 e. The van der Waals surface area contributed by atoms with Crippen LogP contribution in [-0.2, 0) is 28.8 Å². The van der Waals surface area contributed by atoms with Crippen molar-refractivity contribution in [1.82, 2.24) is 0 Å². The van der Waals surface area contributed by atoms with Crippen molar-refractivity contribution in [3.8, 4) is 0 Å². The summed E-state index contributed by atoms with van der Waals surface area (Å²) in [4.78, 5) is 73.9. The van der Waals surface area contributed by atoms with Gasteiger partial charge in [-0.3, -0.25) is 28.8 Å². The van der Waals surface area contributed by atoms with E-state index in [1.54, 1.807) is 36.4 Å². The van der Waals surface area contributed by atoms with Crippen LogP contribution >= 0.6 is 0 Å². The van der Waals surface area contributed by atoms with Crippen LogP contribution in [0, 0.1) is 0 Å². The third kappa shape index (κ3) is 5.69. The molecule has 202 valence electrons. The summed E-state index contributed by atoms with van der Waals surface area (Å²) in [5.41, 5.74) is 3.99. The zero-order valence-electron chi connectivity index (χ0n) is 21.8. The van der Waals surface area contributed by atoms with Crippen molar-refractivity contribution < 1.29 is 28.8 Å². The predicted octanol–water partition coefficient (Wildman–Crippen LogP) is 3.81. The van der Waals surface area contributed by atoms with Crippen LogP contribution in [0.25, 0.3) is 0 Å². The van der Waals surface area contributed by atoms with Gasteiger partial charge >= 0.3 is 0 Å². The number of allylic oxidation sites excluding steroid dienone is 1. The molecule has 0 fully saturated rings. The smallest absolute Gasteiger partial charge is 0.258 e. The van der Waals surface area contributed by atoms with E-state index in [-0.39, 0.29) is 11.7 Å². The molecule has 5 amide bonds. The third-order valence-corrected chi connectivity index (χ3v) is 6.57. The number of rotatable bonds is 8. The Bertz CT molecular complexity index is 1540. The molecule has 0 spiro atoms. The Labute approximate surface area is 235 Å². The molecule has 9 heteroatoms. The van der Waals surface area contributed by atoms with Gasteiger partial charge in [-0.15, -0.1) is 0 Å². The second kappa shape index (κ2) is 11.2. The van der Waals surface area contributed by atoms with Crippen molar-refractivity contribution >= 4 is 52.4 Å². The molecule has 3 aromatic rings. The molecule has 0 saturated heterocycles. The maximum atomic E-state index is 12.1. The lowest BCUT2D eigenvalue weighted by atomic mass is 9.85. The fourth-order valence-corrected chi connectivity index (χ4v) is 4.65. The Hall–Kier alpha value is -5.70. The minimum absolute atomic E-state index is 0.236. The number of nitrogens with one attached hydrogen (secondary N) is 1. The lowest BCUT2D eigenvalue weighted by Gasteiger charge is -2.22. The van der Waals surface area contributed by atoms with E-state index in [1.165, 1.54) is 43.4 Å². The van der Waals surface area contributed by atoms with E-state index in [0.717, 1.165) is 26.5 Å². The molecule has 1 N–H and O–H groups in total. The summed E-state index contributed by atoms with van der Waals surface area (Å²) in [6.07, 6.45) is 7.25. The molecule has 2 aliphatic rings. The van der Waals surface area contributed by atoms with Crippen LogP contribution in [0.4, 0.5) is 17.1 Å². The van der Waals surface area contributed by atoms with Gasteiger partial charge in [0.1, 0.15) is 0 Å². The summed E-state index contributed by atoms with van der Waals surface area (Å²) in [6.45, 7) is 1.35. The number of benzene rings is 3. The van der Waals surface area contributed by atoms with Crippen LogP contribution in [-0.4, -0.2) is 35.3 Å². The number of carbonyl (C=O) groups is 6. The quantitative estimate of drug-likeness (QED) is 0.261. The third-order valence-electron chi connectivity index (χ3n) is 6.57. The molecule has 9 nitrogen and oxygen atoms in total. The normalized spacial score (nSPS) is 14.7. The standard InChI is InChI=1S/C32H23N3O6/c1-20(36)2-15-27(37)33-24-9-3-21(4-10-24)32(22-5-11-25(12-6-22)34-28(38)16-17-29(34)39)23-7-13-26(14-8-23)35-30(40)18-19-31(35)41/h2-19,32H,1H3,(H,33,37)/b15-2-. The van der Waals surface area contributed by atoms with Gasteiger partial charge in [-0.05, 0) is 66.1 Å². The Kier molecular flexibility index (Phi) is 7.34. The first-order valence-electron chi connectivity index (χ1n) is 12.6. The highest BCUT2D eigenvalue weighted by Crippen LogP contribution is 2.35. The molecule has 0 aromatic heterocycles. The van der Waals surface area contributed by atoms with Gasteiger partial charge in [0, 0.05) is 42.0 Å². The molecule has 41 heavy (non-hydrogen) atoms. The molecular weight excluding hydrogens is 522 g/mol. The first kappa shape index (κ1) is 26.9. The van der Waals surface area contributed by atoms with Gasteiger partial charge in [0.2, 0.25) is 5.91 Å². The molecule has 0 bridgehead atoms. The molecule has 0 unspecified atom stereocenters. The van der Waals surface area contributed by atoms with Crippen molar-refractivity contribution in [3.63, 3.8) is 0 Å². The van der Waals surface area contributed by atoms with Gasteiger partial charge in [0.05, 0.1) is 11.4 Å². The zero-order chi connectivity index (χ0) is 29.1. The number of hydrogen-bond acceptors (Lipinski definition) is 6. The monoisotopic (exact) mass is 545 g/mol. The minimum atomic E-state index is -0.434. The lowest BCUT2D eigenvalue weighted by Crippen LogP contribution is -2.29. The SMILES string of the molecule is CC(=O)/C=C\C(=O)Nc1ccc(C(c2ccc(N3C(=O)C=CC3=O)cc2)c2ccc(N3C(=O)C=CC3=O)cc2)cc1. The van der Waals surface area contributed by atoms with Gasteiger partial charge < -0.3 is 5.32 Å². The lowest BCUT2D eigenvalue weighted by molar-refractivity contribution is -0.121. The number of ketones is 1. The van der Waals surface area contributed by atoms with E-state index in [0.29, 0.717) is 17.1 Å². The molecule has 2 heterocycles. The van der Waals surface area contributed by atoms with E-state index in [2.05, 4.69) is 5.32 Å². The topological polar surface area (TPSA) is 121 Å². The molecule has 0 aliphatic carbocycles. The van der Waals surface area contributed by atoms with Gasteiger partial charge in [0.15, 0.2) is 5.78 Å². The van der Waals surface area contributed by atoms with Crippen LogP contribution in [0.2, 0.25) is 0 Å². The highest BCUT2D eigenvalue weighted by Gasteiger charge is 2.27. The van der Waals surface area contributed by atoms with Crippen molar-refractivity contribution in [3.05, 3.63) is 126 Å². The maximum absolute atomic E-state index is 12.1. The summed E-state index contributed by atoms with van der Waals surface area (Å²) in [6, 6.07) is 21.3. The Balaban J connectivity index is 1.47. The van der Waals surface area contributed by atoms with E-state index in [1.807, 2.05) is 36.4 Å². The van der Waals surface area contributed by atoms with Crippen molar-refractivity contribution in [2.75, 3.05) is 15.1 Å². The second-order valence-electron chi connectivity index (χ2n) is 9.36. The molecule has 3 aromatic carbocycles. The number of anilines is 3. The number of imide groups is 2. The Morgan fingerprint density at radius 3 is 1.32 bits per heavy atom. The highest BCUT2D eigenvalue weighted by molar-refractivity contribution is 6.28. The van der Waals surface area contributed by atoms with Gasteiger partial charge in [0.25, 0.3) is 23.6 Å². The largest absolute Gasteiger partial charge is 0.323 e. The number of carbonyl (C=O) groups excluding carboxylic acids is 6. The van der Waals surface area contributed by atoms with E-state index in [9.17, 15) is 28.8 Å². The van der Waals surface area contributed by atoms with Crippen molar-refractivity contribution in [1.29, 1.82) is 0 Å². The van der Waals surface area contributed by atoms with Crippen LogP contribution in [0.5, 0.6) is 0 Å². The number of nitrogens with zero attached hydrogens (tertiary/aromatic N) is 2. The molecule has 0 saturated carbocycles. The molecule has 0 radical (unpaired) electrons. The van der Waals surface area contributed by atoms with Crippen molar-refractivity contribution in [2.24, 2.45) is 0 Å². The molecule has 2 aliphatic heterocycles. The van der Waals surface area contributed by atoms with Gasteiger partial charge in [-0.1, -0.05) is 36.4 Å². The Morgan fingerprint density at radius 2 is 0.951 bits per heavy atom. The summed E-state index contributed by atoms with van der Waals surface area (Å²) in [5.74, 6) is -2.63. The van der Waals surface area contributed by atoms with Crippen LogP contribution in [0.3, 0.4) is 0 Å². The van der Waals surface area contributed by atoms with E-state index in [4.69, 9.17) is 0 Å². The zero-order valence-corrected chi connectivity index (χ0v) is 21.8. The van der Waals surface area contributed by atoms with Gasteiger partial charge in [-0.25, -0.2) is 9.80 Å². The first-order chi connectivity index (χ1) is 19.7. The van der Waals surface area contributed by atoms with E-state index < -0.39 is 29.5 Å². The number of hydrogen-bond donors (Lipinski definition) is 1. The van der Waals surface area contributed by atoms with Crippen LogP contribution < -0.4 is 15.1 Å². The highest BCUT2D eigenvalue weighted by atomic mass is 16.2. The Morgan fingerprint density at radius 1 is 0.585 bits per heavy atom.